The third-order valence-corrected chi connectivity index (χ3v) is 3.75. The van der Waals surface area contributed by atoms with Crippen molar-refractivity contribution in [3.05, 3.63) is 0 Å². The van der Waals surface area contributed by atoms with E-state index in [2.05, 4.69) is 5.32 Å². The summed E-state index contributed by atoms with van der Waals surface area (Å²) in [5.74, 6) is -0.817. The van der Waals surface area contributed by atoms with Crippen molar-refractivity contribution < 1.29 is 14.7 Å². The summed E-state index contributed by atoms with van der Waals surface area (Å²) in [6.45, 7) is 0.932. The van der Waals surface area contributed by atoms with E-state index in [0.717, 1.165) is 32.1 Å². The van der Waals surface area contributed by atoms with E-state index in [1.54, 1.807) is 0 Å². The number of nitrogens with one attached hydrogen (secondary N) is 1. The predicted octanol–water partition coefficient (Wildman–Crippen LogP) is 1.27. The fourth-order valence-electron chi connectivity index (χ4n) is 2.48. The average Bonchev–Trinajstić information content (AvgIpc) is 2.82. The average molecular weight is 256 g/mol. The van der Waals surface area contributed by atoms with Gasteiger partial charge in [-0.15, -0.1) is 0 Å². The maximum atomic E-state index is 11.6. The zero-order valence-electron chi connectivity index (χ0n) is 10.9. The number of amides is 1. The van der Waals surface area contributed by atoms with Crippen LogP contribution in [-0.2, 0) is 9.59 Å². The van der Waals surface area contributed by atoms with Gasteiger partial charge in [-0.1, -0.05) is 19.3 Å². The molecule has 0 spiro atoms. The summed E-state index contributed by atoms with van der Waals surface area (Å²) in [5.41, 5.74) is 4.66. The fraction of sp³-hybridized carbons (Fsp3) is 0.846. The van der Waals surface area contributed by atoms with Crippen molar-refractivity contribution in [1.29, 1.82) is 0 Å². The lowest BCUT2D eigenvalue weighted by Crippen LogP contribution is -2.41. The van der Waals surface area contributed by atoms with Crippen molar-refractivity contribution in [2.45, 2.75) is 51.4 Å². The number of carbonyl (C=O) groups is 2. The molecule has 0 unspecified atom stereocenters. The zero-order chi connectivity index (χ0) is 13.4. The third-order valence-electron chi connectivity index (χ3n) is 3.75. The van der Waals surface area contributed by atoms with E-state index >= 15 is 0 Å². The second-order valence-corrected chi connectivity index (χ2v) is 5.17. The SMILES string of the molecule is NCCCCCC(=O)NCC1(C(=O)O)CCCC1. The molecule has 5 nitrogen and oxygen atoms in total. The Morgan fingerprint density at radius 1 is 1.17 bits per heavy atom. The standard InChI is InChI=1S/C13H24N2O3/c14-9-5-1-2-6-11(16)15-10-13(12(17)18)7-3-4-8-13/h1-10,14H2,(H,15,16)(H,17,18). The van der Waals surface area contributed by atoms with E-state index in [9.17, 15) is 14.7 Å². The Hall–Kier alpha value is -1.10. The molecular weight excluding hydrogens is 232 g/mol. The van der Waals surface area contributed by atoms with Gasteiger partial charge in [0.15, 0.2) is 0 Å². The molecule has 1 aliphatic carbocycles. The molecule has 1 saturated carbocycles. The van der Waals surface area contributed by atoms with Crippen molar-refractivity contribution >= 4 is 11.9 Å². The fourth-order valence-corrected chi connectivity index (χ4v) is 2.48. The minimum atomic E-state index is -0.775. The minimum absolute atomic E-state index is 0.0421. The van der Waals surface area contributed by atoms with Crippen molar-refractivity contribution in [3.63, 3.8) is 0 Å². The van der Waals surface area contributed by atoms with Crippen molar-refractivity contribution in [1.82, 2.24) is 5.32 Å². The number of nitrogens with two attached hydrogens (primary N) is 1. The van der Waals surface area contributed by atoms with Crippen molar-refractivity contribution in [3.8, 4) is 0 Å². The highest BCUT2D eigenvalue weighted by atomic mass is 16.4. The van der Waals surface area contributed by atoms with Crippen LogP contribution in [0.1, 0.15) is 51.4 Å². The second-order valence-electron chi connectivity index (χ2n) is 5.17. The number of carbonyl (C=O) groups excluding carboxylic acids is 1. The Morgan fingerprint density at radius 3 is 2.39 bits per heavy atom. The van der Waals surface area contributed by atoms with Crippen molar-refractivity contribution in [2.24, 2.45) is 11.1 Å². The summed E-state index contributed by atoms with van der Waals surface area (Å²) in [6, 6.07) is 0. The lowest BCUT2D eigenvalue weighted by atomic mass is 9.86. The summed E-state index contributed by atoms with van der Waals surface area (Å²) >= 11 is 0. The van der Waals surface area contributed by atoms with Gasteiger partial charge in [0.25, 0.3) is 0 Å². The highest BCUT2D eigenvalue weighted by Gasteiger charge is 2.41. The molecule has 4 N–H and O–H groups in total. The third kappa shape index (κ3) is 4.29. The minimum Gasteiger partial charge on any atom is -0.481 e. The molecule has 0 heterocycles. The molecule has 0 aromatic heterocycles. The van der Waals surface area contributed by atoms with Crippen LogP contribution in [0.15, 0.2) is 0 Å². The molecule has 0 saturated heterocycles. The molecule has 5 heteroatoms. The molecule has 1 amide bonds. The summed E-state index contributed by atoms with van der Waals surface area (Å²) in [7, 11) is 0. The van der Waals surface area contributed by atoms with Gasteiger partial charge in [-0.05, 0) is 32.2 Å². The summed E-state index contributed by atoms with van der Waals surface area (Å²) in [5, 5.41) is 12.0. The Bertz CT molecular complexity index is 286. The Kier molecular flexibility index (Phi) is 6.12. The van der Waals surface area contributed by atoms with E-state index in [-0.39, 0.29) is 12.5 Å². The number of carboxylic acids is 1. The van der Waals surface area contributed by atoms with E-state index < -0.39 is 11.4 Å². The molecular formula is C13H24N2O3. The molecule has 0 aromatic rings. The first-order valence-corrected chi connectivity index (χ1v) is 6.81. The Labute approximate surface area is 108 Å². The first-order chi connectivity index (χ1) is 8.60. The van der Waals surface area contributed by atoms with E-state index in [1.165, 1.54) is 0 Å². The maximum absolute atomic E-state index is 11.6. The molecule has 104 valence electrons. The molecule has 0 radical (unpaired) electrons. The van der Waals surface area contributed by atoms with E-state index in [1.807, 2.05) is 0 Å². The topological polar surface area (TPSA) is 92.4 Å². The lowest BCUT2D eigenvalue weighted by Gasteiger charge is -2.23. The number of hydrogen-bond donors (Lipinski definition) is 3. The lowest BCUT2D eigenvalue weighted by molar-refractivity contribution is -0.148. The van der Waals surface area contributed by atoms with Crippen LogP contribution in [0.3, 0.4) is 0 Å². The monoisotopic (exact) mass is 256 g/mol. The Balaban J connectivity index is 2.26. The van der Waals surface area contributed by atoms with Crippen LogP contribution < -0.4 is 11.1 Å². The van der Waals surface area contributed by atoms with Crippen LogP contribution in [0.25, 0.3) is 0 Å². The highest BCUT2D eigenvalue weighted by molar-refractivity contribution is 5.79. The van der Waals surface area contributed by atoms with Crippen LogP contribution in [0.2, 0.25) is 0 Å². The van der Waals surface area contributed by atoms with Gasteiger partial charge in [-0.3, -0.25) is 9.59 Å². The summed E-state index contributed by atoms with van der Waals surface area (Å²) in [4.78, 5) is 22.9. The molecule has 0 aromatic carbocycles. The van der Waals surface area contributed by atoms with Gasteiger partial charge in [0.1, 0.15) is 0 Å². The zero-order valence-corrected chi connectivity index (χ0v) is 10.9. The smallest absolute Gasteiger partial charge is 0.311 e. The first kappa shape index (κ1) is 15.0. The van der Waals surface area contributed by atoms with Crippen LogP contribution in [0, 0.1) is 5.41 Å². The first-order valence-electron chi connectivity index (χ1n) is 6.81. The van der Waals surface area contributed by atoms with Crippen LogP contribution >= 0.6 is 0 Å². The second kappa shape index (κ2) is 7.36. The molecule has 1 rings (SSSR count). The molecule has 18 heavy (non-hydrogen) atoms. The van der Waals surface area contributed by atoms with Gasteiger partial charge in [-0.2, -0.15) is 0 Å². The van der Waals surface area contributed by atoms with Crippen LogP contribution in [0.5, 0.6) is 0 Å². The summed E-state index contributed by atoms with van der Waals surface area (Å²) in [6.07, 6.45) is 6.42. The van der Waals surface area contributed by atoms with Gasteiger partial charge in [0.2, 0.25) is 5.91 Å². The number of unbranched alkanes of at least 4 members (excludes halogenated alkanes) is 2. The predicted molar refractivity (Wildman–Crippen MR) is 69.1 cm³/mol. The van der Waals surface area contributed by atoms with Crippen LogP contribution in [0.4, 0.5) is 0 Å². The molecule has 0 bridgehead atoms. The largest absolute Gasteiger partial charge is 0.481 e. The van der Waals surface area contributed by atoms with Crippen LogP contribution in [-0.4, -0.2) is 30.1 Å². The Morgan fingerprint density at radius 2 is 1.83 bits per heavy atom. The number of hydrogen-bond acceptors (Lipinski definition) is 3. The van der Waals surface area contributed by atoms with Gasteiger partial charge in [-0.25, -0.2) is 0 Å². The maximum Gasteiger partial charge on any atom is 0.311 e. The van der Waals surface area contributed by atoms with Gasteiger partial charge in [0.05, 0.1) is 5.41 Å². The van der Waals surface area contributed by atoms with Gasteiger partial charge >= 0.3 is 5.97 Å². The summed E-state index contributed by atoms with van der Waals surface area (Å²) < 4.78 is 0. The molecule has 0 atom stereocenters. The number of rotatable bonds is 8. The quantitative estimate of drug-likeness (QED) is 0.570. The highest BCUT2D eigenvalue weighted by Crippen LogP contribution is 2.37. The van der Waals surface area contributed by atoms with Gasteiger partial charge in [0, 0.05) is 13.0 Å². The number of aliphatic carboxylic acids is 1. The molecule has 1 fully saturated rings. The van der Waals surface area contributed by atoms with E-state index in [4.69, 9.17) is 5.73 Å². The molecule has 0 aliphatic heterocycles. The normalized spacial score (nSPS) is 17.6. The number of carboxylic acid groups (broad SMARTS) is 1. The molecule has 1 aliphatic rings. The van der Waals surface area contributed by atoms with E-state index in [0.29, 0.717) is 25.8 Å². The van der Waals surface area contributed by atoms with Gasteiger partial charge < -0.3 is 16.2 Å². The van der Waals surface area contributed by atoms with Crippen molar-refractivity contribution in [2.75, 3.05) is 13.1 Å².